The fraction of sp³-hybridized carbons (Fsp3) is 0.650. The van der Waals surface area contributed by atoms with Crippen molar-refractivity contribution in [1.29, 1.82) is 0 Å². The molecular formula is C20H35IN4O. The monoisotopic (exact) mass is 474 g/mol. The first-order chi connectivity index (χ1) is 12.3. The summed E-state index contributed by atoms with van der Waals surface area (Å²) in [5, 5.41) is 6.91. The smallest absolute Gasteiger partial charge is 0.191 e. The van der Waals surface area contributed by atoms with Crippen molar-refractivity contribution in [2.45, 2.75) is 45.3 Å². The summed E-state index contributed by atoms with van der Waals surface area (Å²) in [6.07, 6.45) is 3.67. The second kappa shape index (κ2) is 13.3. The number of hydrogen-bond acceptors (Lipinski definition) is 3. The Hall–Kier alpha value is -0.860. The molecule has 1 aliphatic rings. The zero-order valence-corrected chi connectivity index (χ0v) is 18.7. The fourth-order valence-corrected chi connectivity index (χ4v) is 3.41. The van der Waals surface area contributed by atoms with Gasteiger partial charge in [0.1, 0.15) is 0 Å². The molecule has 148 valence electrons. The summed E-state index contributed by atoms with van der Waals surface area (Å²) >= 11 is 0. The number of likely N-dealkylation sites (N-methyl/N-ethyl adjacent to an activating group) is 1. The number of nitrogens with zero attached hydrogens (tertiary/aromatic N) is 2. The first kappa shape index (κ1) is 23.2. The van der Waals surface area contributed by atoms with E-state index in [1.165, 1.54) is 12.0 Å². The Morgan fingerprint density at radius 1 is 1.23 bits per heavy atom. The second-order valence-corrected chi connectivity index (χ2v) is 6.53. The molecule has 0 aliphatic carbocycles. The van der Waals surface area contributed by atoms with Crippen molar-refractivity contribution < 1.29 is 4.74 Å². The number of nitrogens with one attached hydrogen (secondary N) is 2. The molecule has 2 unspecified atom stereocenters. The lowest BCUT2D eigenvalue weighted by Crippen LogP contribution is -2.49. The summed E-state index contributed by atoms with van der Waals surface area (Å²) < 4.78 is 5.67. The minimum Gasteiger partial charge on any atom is -0.376 e. The fourth-order valence-electron chi connectivity index (χ4n) is 3.41. The molecule has 1 aliphatic heterocycles. The highest BCUT2D eigenvalue weighted by Gasteiger charge is 2.18. The summed E-state index contributed by atoms with van der Waals surface area (Å²) in [5.41, 5.74) is 1.38. The van der Waals surface area contributed by atoms with E-state index in [0.29, 0.717) is 12.1 Å². The molecule has 0 radical (unpaired) electrons. The molecule has 0 aromatic heterocycles. The molecule has 0 amide bonds. The van der Waals surface area contributed by atoms with Gasteiger partial charge in [0.25, 0.3) is 0 Å². The van der Waals surface area contributed by atoms with E-state index in [4.69, 9.17) is 4.74 Å². The number of aliphatic imine (C=N–C) groups is 1. The van der Waals surface area contributed by atoms with Gasteiger partial charge in [0, 0.05) is 32.8 Å². The molecule has 2 atom stereocenters. The van der Waals surface area contributed by atoms with Crippen LogP contribution in [0.25, 0.3) is 0 Å². The maximum absolute atomic E-state index is 5.67. The van der Waals surface area contributed by atoms with E-state index in [2.05, 4.69) is 64.7 Å². The summed E-state index contributed by atoms with van der Waals surface area (Å²) in [4.78, 5) is 6.87. The Balaban J connectivity index is 0.00000338. The summed E-state index contributed by atoms with van der Waals surface area (Å²) in [6, 6.07) is 11.2. The minimum atomic E-state index is 0. The standard InChI is InChI=1S/C20H34N4O.HI/c1-4-24(5-2)18(14-17-10-7-6-8-11-17)15-22-20(21-3)23-16-19-12-9-13-25-19;/h6-8,10-11,18-19H,4-5,9,12-16H2,1-3H3,(H2,21,22,23);1H. The van der Waals surface area contributed by atoms with Crippen LogP contribution >= 0.6 is 24.0 Å². The number of halogens is 1. The quantitative estimate of drug-likeness (QED) is 0.329. The zero-order valence-electron chi connectivity index (χ0n) is 16.4. The molecular weight excluding hydrogens is 439 g/mol. The van der Waals surface area contributed by atoms with E-state index in [9.17, 15) is 0 Å². The second-order valence-electron chi connectivity index (χ2n) is 6.53. The van der Waals surface area contributed by atoms with Crippen molar-refractivity contribution in [3.63, 3.8) is 0 Å². The topological polar surface area (TPSA) is 48.9 Å². The third-order valence-electron chi connectivity index (χ3n) is 4.89. The van der Waals surface area contributed by atoms with Gasteiger partial charge in [0.05, 0.1) is 6.10 Å². The van der Waals surface area contributed by atoms with E-state index < -0.39 is 0 Å². The van der Waals surface area contributed by atoms with E-state index in [-0.39, 0.29) is 24.0 Å². The number of ether oxygens (including phenoxy) is 1. The average Bonchev–Trinajstić information content (AvgIpc) is 3.17. The highest BCUT2D eigenvalue weighted by molar-refractivity contribution is 14.0. The van der Waals surface area contributed by atoms with Crippen molar-refractivity contribution >= 4 is 29.9 Å². The number of benzene rings is 1. The van der Waals surface area contributed by atoms with Crippen LogP contribution in [-0.4, -0.2) is 62.8 Å². The first-order valence-electron chi connectivity index (χ1n) is 9.60. The van der Waals surface area contributed by atoms with E-state index in [1.54, 1.807) is 0 Å². The molecule has 0 bridgehead atoms. The third kappa shape index (κ3) is 7.80. The van der Waals surface area contributed by atoms with Gasteiger partial charge in [-0.05, 0) is 37.9 Å². The molecule has 0 spiro atoms. The van der Waals surface area contributed by atoms with E-state index >= 15 is 0 Å². The maximum atomic E-state index is 5.67. The Bertz CT molecular complexity index is 502. The largest absolute Gasteiger partial charge is 0.376 e. The summed E-state index contributed by atoms with van der Waals surface area (Å²) in [7, 11) is 1.83. The van der Waals surface area contributed by atoms with Gasteiger partial charge in [-0.25, -0.2) is 0 Å². The lowest BCUT2D eigenvalue weighted by atomic mass is 10.0. The Labute approximate surface area is 176 Å². The van der Waals surface area contributed by atoms with Gasteiger partial charge >= 0.3 is 0 Å². The molecule has 5 nitrogen and oxygen atoms in total. The Morgan fingerprint density at radius 3 is 2.54 bits per heavy atom. The van der Waals surface area contributed by atoms with Crippen LogP contribution in [0.3, 0.4) is 0 Å². The van der Waals surface area contributed by atoms with Crippen molar-refractivity contribution in [2.75, 3.05) is 39.8 Å². The zero-order chi connectivity index (χ0) is 17.9. The van der Waals surface area contributed by atoms with Gasteiger partial charge in [-0.3, -0.25) is 9.89 Å². The van der Waals surface area contributed by atoms with Crippen molar-refractivity contribution in [3.05, 3.63) is 35.9 Å². The molecule has 1 aromatic carbocycles. The lowest BCUT2D eigenvalue weighted by Gasteiger charge is -2.30. The van der Waals surface area contributed by atoms with Gasteiger partial charge < -0.3 is 15.4 Å². The van der Waals surface area contributed by atoms with Crippen LogP contribution in [0.4, 0.5) is 0 Å². The van der Waals surface area contributed by atoms with Crippen LogP contribution < -0.4 is 10.6 Å². The average molecular weight is 474 g/mol. The van der Waals surface area contributed by atoms with Gasteiger partial charge in [-0.2, -0.15) is 0 Å². The van der Waals surface area contributed by atoms with Gasteiger partial charge in [0.15, 0.2) is 5.96 Å². The first-order valence-corrected chi connectivity index (χ1v) is 9.60. The van der Waals surface area contributed by atoms with Gasteiger partial charge in [-0.1, -0.05) is 44.2 Å². The normalized spacial score (nSPS) is 18.5. The molecule has 6 heteroatoms. The van der Waals surface area contributed by atoms with Crippen molar-refractivity contribution in [3.8, 4) is 0 Å². The Kier molecular flexibility index (Phi) is 11.9. The molecule has 2 rings (SSSR count). The van der Waals surface area contributed by atoms with Crippen LogP contribution in [0.15, 0.2) is 35.3 Å². The minimum absolute atomic E-state index is 0. The molecule has 26 heavy (non-hydrogen) atoms. The van der Waals surface area contributed by atoms with Crippen LogP contribution in [0.2, 0.25) is 0 Å². The van der Waals surface area contributed by atoms with Crippen LogP contribution in [-0.2, 0) is 11.2 Å². The van der Waals surface area contributed by atoms with Crippen molar-refractivity contribution in [1.82, 2.24) is 15.5 Å². The predicted octanol–water partition coefficient (Wildman–Crippen LogP) is 2.90. The van der Waals surface area contributed by atoms with Gasteiger partial charge in [0.2, 0.25) is 0 Å². The SMILES string of the molecule is CCN(CC)C(CNC(=NC)NCC1CCCO1)Cc1ccccc1.I. The number of hydrogen-bond donors (Lipinski definition) is 2. The number of guanidine groups is 1. The van der Waals surface area contributed by atoms with Crippen LogP contribution in [0.5, 0.6) is 0 Å². The van der Waals surface area contributed by atoms with Gasteiger partial charge in [-0.15, -0.1) is 24.0 Å². The molecule has 0 saturated carbocycles. The highest BCUT2D eigenvalue weighted by Crippen LogP contribution is 2.11. The Morgan fingerprint density at radius 2 is 1.96 bits per heavy atom. The highest BCUT2D eigenvalue weighted by atomic mass is 127. The van der Waals surface area contributed by atoms with Crippen LogP contribution in [0.1, 0.15) is 32.3 Å². The molecule has 2 N–H and O–H groups in total. The molecule has 1 fully saturated rings. The van der Waals surface area contributed by atoms with E-state index in [1.807, 2.05) is 7.05 Å². The molecule has 1 saturated heterocycles. The number of rotatable bonds is 9. The maximum Gasteiger partial charge on any atom is 0.191 e. The summed E-state index contributed by atoms with van der Waals surface area (Å²) in [5.74, 6) is 0.862. The third-order valence-corrected chi connectivity index (χ3v) is 4.89. The molecule has 1 heterocycles. The van der Waals surface area contributed by atoms with Crippen molar-refractivity contribution in [2.24, 2.45) is 4.99 Å². The van der Waals surface area contributed by atoms with Crippen LogP contribution in [0, 0.1) is 0 Å². The lowest BCUT2D eigenvalue weighted by molar-refractivity contribution is 0.113. The van der Waals surface area contributed by atoms with E-state index in [0.717, 1.165) is 51.6 Å². The predicted molar refractivity (Wildman–Crippen MR) is 121 cm³/mol. The molecule has 1 aromatic rings. The summed E-state index contributed by atoms with van der Waals surface area (Å²) in [6.45, 7) is 9.16.